The number of ketones is 1. The summed E-state index contributed by atoms with van der Waals surface area (Å²) < 4.78 is 13.7. The fourth-order valence-corrected chi connectivity index (χ4v) is 3.20. The summed E-state index contributed by atoms with van der Waals surface area (Å²) >= 11 is 0. The molecule has 1 N–H and O–H groups in total. The maximum atomic E-state index is 13.7. The van der Waals surface area contributed by atoms with Crippen molar-refractivity contribution < 1.29 is 19.1 Å². The largest absolute Gasteiger partial charge is 0.478 e. The third-order valence-electron chi connectivity index (χ3n) is 4.23. The third kappa shape index (κ3) is 3.50. The van der Waals surface area contributed by atoms with Crippen molar-refractivity contribution in [3.63, 3.8) is 0 Å². The van der Waals surface area contributed by atoms with Crippen molar-refractivity contribution in [2.75, 3.05) is 0 Å². The molecule has 2 aromatic carbocycles. The average Bonchev–Trinajstić information content (AvgIpc) is 2.54. The van der Waals surface area contributed by atoms with Gasteiger partial charge in [-0.05, 0) is 44.0 Å². The topological polar surface area (TPSA) is 66.7 Å². The van der Waals surface area contributed by atoms with Crippen molar-refractivity contribution in [3.05, 3.63) is 70.5 Å². The van der Waals surface area contributed by atoms with Gasteiger partial charge in [-0.15, -0.1) is 0 Å². The number of halogens is 1. The zero-order valence-electron chi connectivity index (χ0n) is 14.0. The van der Waals surface area contributed by atoms with Gasteiger partial charge in [-0.25, -0.2) is 9.18 Å². The number of rotatable bonds is 4. The minimum atomic E-state index is -1.15. The Morgan fingerprint density at radius 3 is 2.52 bits per heavy atom. The van der Waals surface area contributed by atoms with Crippen LogP contribution in [-0.4, -0.2) is 28.1 Å². The summed E-state index contributed by atoms with van der Waals surface area (Å²) in [5.41, 5.74) is 1.76. The molecule has 0 aromatic heterocycles. The minimum absolute atomic E-state index is 0.0392. The number of nitrogens with zero attached hydrogens (tertiary/aromatic N) is 1. The molecule has 128 valence electrons. The zero-order valence-corrected chi connectivity index (χ0v) is 14.0. The van der Waals surface area contributed by atoms with E-state index in [1.54, 1.807) is 18.2 Å². The minimum Gasteiger partial charge on any atom is -0.478 e. The maximum absolute atomic E-state index is 13.7. The second-order valence-corrected chi connectivity index (χ2v) is 6.80. The molecule has 0 amide bonds. The number of hydrogen-bond donors (Lipinski definition) is 1. The molecule has 5 heteroatoms. The first kappa shape index (κ1) is 17.0. The van der Waals surface area contributed by atoms with Crippen LogP contribution in [0.5, 0.6) is 0 Å². The number of Topliss-reactive ketones (excluding diaryl/α,β-unsaturated/α-hetero) is 1. The van der Waals surface area contributed by atoms with Crippen molar-refractivity contribution in [2.24, 2.45) is 4.99 Å². The molecular weight excluding hydrogens is 321 g/mol. The van der Waals surface area contributed by atoms with E-state index in [9.17, 15) is 19.1 Å². The van der Waals surface area contributed by atoms with Crippen molar-refractivity contribution >= 4 is 17.5 Å². The lowest BCUT2D eigenvalue weighted by Crippen LogP contribution is -2.30. The first-order valence-corrected chi connectivity index (χ1v) is 8.00. The second-order valence-electron chi connectivity index (χ2n) is 6.80. The highest BCUT2D eigenvalue weighted by molar-refractivity contribution is 6.18. The molecule has 0 aliphatic carbocycles. The quantitative estimate of drug-likeness (QED) is 0.859. The number of carboxylic acid groups (broad SMARTS) is 1. The van der Waals surface area contributed by atoms with Gasteiger partial charge in [0.25, 0.3) is 0 Å². The number of aliphatic imine (C=N–C) groups is 1. The Morgan fingerprint density at radius 1 is 1.16 bits per heavy atom. The molecule has 3 rings (SSSR count). The predicted molar refractivity (Wildman–Crippen MR) is 93.1 cm³/mol. The second kappa shape index (κ2) is 6.24. The Kier molecular flexibility index (Phi) is 4.25. The first-order chi connectivity index (χ1) is 11.8. The smallest absolute Gasteiger partial charge is 0.336 e. The summed E-state index contributed by atoms with van der Waals surface area (Å²) in [6.07, 6.45) is 0.593. The zero-order chi connectivity index (χ0) is 18.2. The number of hydrogen-bond acceptors (Lipinski definition) is 3. The summed E-state index contributed by atoms with van der Waals surface area (Å²) in [4.78, 5) is 28.7. The van der Waals surface area contributed by atoms with Gasteiger partial charge in [0.1, 0.15) is 5.82 Å². The number of carboxylic acids is 1. The van der Waals surface area contributed by atoms with Gasteiger partial charge in [-0.1, -0.05) is 24.3 Å². The fraction of sp³-hybridized carbons (Fsp3) is 0.250. The average molecular weight is 339 g/mol. The molecule has 0 fully saturated rings. The molecule has 0 saturated carbocycles. The monoisotopic (exact) mass is 339 g/mol. The van der Waals surface area contributed by atoms with E-state index in [0.29, 0.717) is 17.7 Å². The molecule has 25 heavy (non-hydrogen) atoms. The summed E-state index contributed by atoms with van der Waals surface area (Å²) in [6, 6.07) is 10.6. The molecular formula is C20H18FNO3. The van der Waals surface area contributed by atoms with E-state index in [1.165, 1.54) is 24.3 Å². The van der Waals surface area contributed by atoms with E-state index in [-0.39, 0.29) is 29.1 Å². The van der Waals surface area contributed by atoms with Crippen LogP contribution >= 0.6 is 0 Å². The van der Waals surface area contributed by atoms with Gasteiger partial charge >= 0.3 is 5.97 Å². The number of fused-ring (bicyclic) bond motifs is 1. The van der Waals surface area contributed by atoms with Crippen LogP contribution in [0.4, 0.5) is 4.39 Å². The van der Waals surface area contributed by atoms with Crippen LogP contribution in [0.3, 0.4) is 0 Å². The van der Waals surface area contributed by atoms with Gasteiger partial charge in [0.05, 0.1) is 23.2 Å². The van der Waals surface area contributed by atoms with Crippen molar-refractivity contribution in [1.29, 1.82) is 0 Å². The highest BCUT2D eigenvalue weighted by Gasteiger charge is 2.28. The van der Waals surface area contributed by atoms with Gasteiger partial charge in [0, 0.05) is 11.1 Å². The van der Waals surface area contributed by atoms with Gasteiger partial charge < -0.3 is 5.11 Å². The number of carbonyl (C=O) groups excluding carboxylic acids is 1. The van der Waals surface area contributed by atoms with E-state index < -0.39 is 11.5 Å². The van der Waals surface area contributed by atoms with Crippen LogP contribution in [0.15, 0.2) is 47.5 Å². The predicted octanol–water partition coefficient (Wildman–Crippen LogP) is 3.92. The van der Waals surface area contributed by atoms with Crippen LogP contribution in [0, 0.1) is 5.82 Å². The lowest BCUT2D eigenvalue weighted by molar-refractivity contribution is 0.0692. The Balaban J connectivity index is 2.00. The summed E-state index contributed by atoms with van der Waals surface area (Å²) in [7, 11) is 0. The van der Waals surface area contributed by atoms with Crippen LogP contribution in [0.25, 0.3) is 0 Å². The molecule has 0 saturated heterocycles. The summed E-state index contributed by atoms with van der Waals surface area (Å²) in [5, 5.41) is 9.27. The van der Waals surface area contributed by atoms with E-state index in [2.05, 4.69) is 4.99 Å². The lowest BCUT2D eigenvalue weighted by atomic mass is 9.85. The maximum Gasteiger partial charge on any atom is 0.336 e. The highest BCUT2D eigenvalue weighted by Crippen LogP contribution is 2.29. The van der Waals surface area contributed by atoms with Crippen LogP contribution in [0.1, 0.15) is 52.1 Å². The lowest BCUT2D eigenvalue weighted by Gasteiger charge is -2.29. The molecule has 0 bridgehead atoms. The summed E-state index contributed by atoms with van der Waals surface area (Å²) in [5.74, 6) is -1.88. The molecule has 2 aromatic rings. The van der Waals surface area contributed by atoms with Crippen LogP contribution in [-0.2, 0) is 6.42 Å². The molecule has 1 aliphatic rings. The van der Waals surface area contributed by atoms with Gasteiger partial charge in [-0.3, -0.25) is 9.79 Å². The van der Waals surface area contributed by atoms with Crippen LogP contribution in [0.2, 0.25) is 0 Å². The van der Waals surface area contributed by atoms with E-state index in [4.69, 9.17) is 0 Å². The molecule has 0 spiro atoms. The van der Waals surface area contributed by atoms with Crippen molar-refractivity contribution in [1.82, 2.24) is 0 Å². The first-order valence-electron chi connectivity index (χ1n) is 8.00. The van der Waals surface area contributed by atoms with Gasteiger partial charge in [0.2, 0.25) is 0 Å². The molecule has 0 radical (unpaired) electrons. The Labute approximate surface area is 145 Å². The number of aromatic carboxylic acids is 1. The molecule has 0 unspecified atom stereocenters. The van der Waals surface area contributed by atoms with E-state index >= 15 is 0 Å². The fourth-order valence-electron chi connectivity index (χ4n) is 3.20. The van der Waals surface area contributed by atoms with Crippen LogP contribution < -0.4 is 0 Å². The summed E-state index contributed by atoms with van der Waals surface area (Å²) in [6.45, 7) is 3.91. The van der Waals surface area contributed by atoms with Gasteiger partial charge in [0.15, 0.2) is 5.78 Å². The SMILES string of the molecule is CC1(C)Cc2ccc(F)cc2C(CC(=O)c2ccccc2C(=O)O)=N1. The molecule has 4 nitrogen and oxygen atoms in total. The standard InChI is InChI=1S/C20H18FNO3/c1-20(2)11-12-7-8-13(21)9-16(12)17(22-20)10-18(23)14-5-3-4-6-15(14)19(24)25/h3-9H,10-11H2,1-2H3,(H,24,25). The van der Waals surface area contributed by atoms with E-state index in [1.807, 2.05) is 13.8 Å². The molecule has 1 aliphatic heterocycles. The molecule has 0 atom stereocenters. The third-order valence-corrected chi connectivity index (χ3v) is 4.23. The van der Waals surface area contributed by atoms with Crippen molar-refractivity contribution in [3.8, 4) is 0 Å². The number of benzene rings is 2. The van der Waals surface area contributed by atoms with Gasteiger partial charge in [-0.2, -0.15) is 0 Å². The normalized spacial score (nSPS) is 15.2. The van der Waals surface area contributed by atoms with E-state index in [0.717, 1.165) is 5.56 Å². The Hall–Kier alpha value is -2.82. The Morgan fingerprint density at radius 2 is 1.84 bits per heavy atom. The Bertz CT molecular complexity index is 900. The number of carbonyl (C=O) groups is 2. The van der Waals surface area contributed by atoms with Crippen molar-refractivity contribution in [2.45, 2.75) is 32.2 Å². The highest BCUT2D eigenvalue weighted by atomic mass is 19.1. The molecule has 1 heterocycles.